The number of hydrogen-bond donors (Lipinski definition) is 0. The van der Waals surface area contributed by atoms with Crippen LogP contribution in [-0.2, 0) is 43.6 Å². The van der Waals surface area contributed by atoms with E-state index in [2.05, 4.69) is 0 Å². The molecule has 0 spiro atoms. The third-order valence-corrected chi connectivity index (χ3v) is 6.10. The molecule has 0 heterocycles. The molecule has 1 aliphatic rings. The molecule has 4 atom stereocenters. The van der Waals surface area contributed by atoms with E-state index in [9.17, 15) is 4.79 Å². The summed E-state index contributed by atoms with van der Waals surface area (Å²) in [5, 5.41) is 0. The Kier molecular flexibility index (Phi) is 9.24. The first-order chi connectivity index (χ1) is 17.2. The lowest BCUT2D eigenvalue weighted by Gasteiger charge is -2.39. The van der Waals surface area contributed by atoms with Crippen LogP contribution in [0.2, 0.25) is 0 Å². The Labute approximate surface area is 207 Å². The average Bonchev–Trinajstić information content (AvgIpc) is 2.92. The van der Waals surface area contributed by atoms with Gasteiger partial charge in [-0.1, -0.05) is 103 Å². The molecule has 3 aromatic carbocycles. The number of carbonyl (C=O) groups excluding carboxylic acids is 1. The molecule has 5 nitrogen and oxygen atoms in total. The zero-order chi connectivity index (χ0) is 24.3. The number of benzene rings is 3. The normalized spacial score (nSPS) is 21.5. The highest BCUT2D eigenvalue weighted by molar-refractivity contribution is 5.70. The Morgan fingerprint density at radius 2 is 1.09 bits per heavy atom. The first-order valence-electron chi connectivity index (χ1n) is 11.9. The molecule has 0 saturated carbocycles. The number of hydrogen-bond acceptors (Lipinski definition) is 5. The summed E-state index contributed by atoms with van der Waals surface area (Å²) in [6.45, 7) is 1.28. The highest BCUT2D eigenvalue weighted by atomic mass is 16.6. The molecule has 0 saturated heterocycles. The molecule has 0 aromatic heterocycles. The number of rotatable bonds is 11. The quantitative estimate of drug-likeness (QED) is 0.273. The van der Waals surface area contributed by atoms with Crippen LogP contribution in [0.25, 0.3) is 0 Å². The summed E-state index contributed by atoms with van der Waals surface area (Å²) in [5.74, 6) is -0.470. The van der Waals surface area contributed by atoms with Crippen LogP contribution in [0.15, 0.2) is 103 Å². The lowest BCUT2D eigenvalue weighted by molar-refractivity contribution is -0.162. The van der Waals surface area contributed by atoms with Crippen molar-refractivity contribution in [2.24, 2.45) is 5.92 Å². The van der Waals surface area contributed by atoms with Gasteiger partial charge < -0.3 is 18.9 Å². The second-order valence-corrected chi connectivity index (χ2v) is 8.61. The zero-order valence-electron chi connectivity index (χ0n) is 20.0. The van der Waals surface area contributed by atoms with E-state index in [-0.39, 0.29) is 30.5 Å². The fourth-order valence-electron chi connectivity index (χ4n) is 4.22. The molecule has 4 rings (SSSR count). The molecule has 0 aliphatic heterocycles. The van der Waals surface area contributed by atoms with Gasteiger partial charge in [0.25, 0.3) is 0 Å². The topological polar surface area (TPSA) is 54.0 Å². The summed E-state index contributed by atoms with van der Waals surface area (Å²) >= 11 is 0. The predicted molar refractivity (Wildman–Crippen MR) is 134 cm³/mol. The Bertz CT molecular complexity index is 1050. The molecule has 0 N–H and O–H groups in total. The second kappa shape index (κ2) is 13.0. The van der Waals surface area contributed by atoms with E-state index in [0.717, 1.165) is 16.7 Å². The van der Waals surface area contributed by atoms with Crippen LogP contribution in [-0.4, -0.2) is 31.4 Å². The van der Waals surface area contributed by atoms with Crippen LogP contribution >= 0.6 is 0 Å². The maximum absolute atomic E-state index is 12.2. The van der Waals surface area contributed by atoms with Gasteiger partial charge in [0.05, 0.1) is 39.5 Å². The minimum Gasteiger partial charge on any atom is -0.469 e. The lowest BCUT2D eigenvalue weighted by Crippen LogP contribution is -2.48. The summed E-state index contributed by atoms with van der Waals surface area (Å²) in [4.78, 5) is 12.2. The van der Waals surface area contributed by atoms with Crippen molar-refractivity contribution in [3.8, 4) is 0 Å². The summed E-state index contributed by atoms with van der Waals surface area (Å²) in [5.41, 5.74) is 3.21. The van der Waals surface area contributed by atoms with E-state index >= 15 is 0 Å². The smallest absolute Gasteiger partial charge is 0.306 e. The van der Waals surface area contributed by atoms with Crippen LogP contribution in [0.1, 0.15) is 23.1 Å². The molecule has 0 amide bonds. The van der Waals surface area contributed by atoms with Gasteiger partial charge in [0.1, 0.15) is 12.2 Å². The second-order valence-electron chi connectivity index (χ2n) is 8.61. The number of methoxy groups -OCH3 is 1. The molecule has 3 aromatic rings. The molecule has 0 unspecified atom stereocenters. The van der Waals surface area contributed by atoms with Crippen molar-refractivity contribution < 1.29 is 23.7 Å². The highest BCUT2D eigenvalue weighted by Crippen LogP contribution is 2.31. The van der Waals surface area contributed by atoms with Crippen molar-refractivity contribution in [3.63, 3.8) is 0 Å². The van der Waals surface area contributed by atoms with Crippen molar-refractivity contribution in [2.45, 2.75) is 44.6 Å². The maximum atomic E-state index is 12.2. The van der Waals surface area contributed by atoms with E-state index in [4.69, 9.17) is 18.9 Å². The molecule has 0 fully saturated rings. The van der Waals surface area contributed by atoms with Crippen molar-refractivity contribution in [1.29, 1.82) is 0 Å². The number of esters is 1. The third-order valence-electron chi connectivity index (χ3n) is 6.10. The van der Waals surface area contributed by atoms with Crippen LogP contribution < -0.4 is 0 Å². The first kappa shape index (κ1) is 24.9. The maximum Gasteiger partial charge on any atom is 0.306 e. The van der Waals surface area contributed by atoms with E-state index in [1.807, 2.05) is 103 Å². The van der Waals surface area contributed by atoms with E-state index in [1.165, 1.54) is 7.11 Å². The monoisotopic (exact) mass is 472 g/mol. The minimum atomic E-state index is -0.401. The Hall–Kier alpha value is -3.25. The molecular formula is C30H32O5. The van der Waals surface area contributed by atoms with Crippen molar-refractivity contribution in [2.75, 3.05) is 7.11 Å². The fraction of sp³-hybridized carbons (Fsp3) is 0.300. The third kappa shape index (κ3) is 7.36. The van der Waals surface area contributed by atoms with Crippen LogP contribution in [0.5, 0.6) is 0 Å². The summed E-state index contributed by atoms with van der Waals surface area (Å²) in [7, 11) is 1.41. The van der Waals surface area contributed by atoms with Crippen LogP contribution in [0.3, 0.4) is 0 Å². The van der Waals surface area contributed by atoms with Gasteiger partial charge in [0.2, 0.25) is 0 Å². The number of carbonyl (C=O) groups is 1. The van der Waals surface area contributed by atoms with Crippen LogP contribution in [0, 0.1) is 5.92 Å². The van der Waals surface area contributed by atoms with Gasteiger partial charge in [0, 0.05) is 5.92 Å². The molecule has 35 heavy (non-hydrogen) atoms. The molecule has 1 aliphatic carbocycles. The summed E-state index contributed by atoms with van der Waals surface area (Å²) < 4.78 is 24.2. The standard InChI is InChI=1S/C30H32O5/c1-32-28(31)19-26-17-18-27(33-20-23-11-5-2-6-12-23)30(35-22-25-15-9-4-10-16-25)29(26)34-21-24-13-7-3-8-14-24/h2-18,26-27,29-30H,19-22H2,1H3/t26-,27+,29-,30-/m1/s1. The van der Waals surface area contributed by atoms with Gasteiger partial charge in [0.15, 0.2) is 0 Å². The van der Waals surface area contributed by atoms with Gasteiger partial charge >= 0.3 is 5.97 Å². The van der Waals surface area contributed by atoms with Crippen molar-refractivity contribution >= 4 is 5.97 Å². The molecule has 0 radical (unpaired) electrons. The van der Waals surface area contributed by atoms with Crippen molar-refractivity contribution in [3.05, 3.63) is 120 Å². The zero-order valence-corrected chi connectivity index (χ0v) is 20.0. The molecule has 182 valence electrons. The first-order valence-corrected chi connectivity index (χ1v) is 11.9. The SMILES string of the molecule is COC(=O)C[C@H]1C=C[C@H](OCc2ccccc2)[C@@H](OCc2ccccc2)[C@@H]1OCc1ccccc1. The minimum absolute atomic E-state index is 0.191. The Morgan fingerprint density at radius 1 is 0.629 bits per heavy atom. The number of ether oxygens (including phenoxy) is 4. The van der Waals surface area contributed by atoms with Gasteiger partial charge in [-0.3, -0.25) is 4.79 Å². The lowest BCUT2D eigenvalue weighted by atomic mass is 9.85. The molecule has 0 bridgehead atoms. The van der Waals surface area contributed by atoms with Crippen molar-refractivity contribution in [1.82, 2.24) is 0 Å². The Morgan fingerprint density at radius 3 is 1.57 bits per heavy atom. The van der Waals surface area contributed by atoms with Gasteiger partial charge in [-0.15, -0.1) is 0 Å². The largest absolute Gasteiger partial charge is 0.469 e. The average molecular weight is 473 g/mol. The fourth-order valence-corrected chi connectivity index (χ4v) is 4.22. The van der Waals surface area contributed by atoms with Gasteiger partial charge in [-0.25, -0.2) is 0 Å². The van der Waals surface area contributed by atoms with Crippen LogP contribution in [0.4, 0.5) is 0 Å². The Balaban J connectivity index is 1.56. The van der Waals surface area contributed by atoms with E-state index < -0.39 is 6.10 Å². The summed E-state index contributed by atoms with van der Waals surface area (Å²) in [6, 6.07) is 30.1. The predicted octanol–water partition coefficient (Wildman–Crippen LogP) is 5.49. The molecular weight excluding hydrogens is 440 g/mol. The summed E-state index contributed by atoms with van der Waals surface area (Å²) in [6.07, 6.45) is 3.10. The molecule has 5 heteroatoms. The van der Waals surface area contributed by atoms with Gasteiger partial charge in [-0.2, -0.15) is 0 Å². The highest BCUT2D eigenvalue weighted by Gasteiger charge is 2.40. The van der Waals surface area contributed by atoms with E-state index in [0.29, 0.717) is 19.8 Å². The van der Waals surface area contributed by atoms with Gasteiger partial charge in [-0.05, 0) is 16.7 Å². The van der Waals surface area contributed by atoms with E-state index in [1.54, 1.807) is 0 Å².